The summed E-state index contributed by atoms with van der Waals surface area (Å²) in [6.07, 6.45) is 2.52. The zero-order chi connectivity index (χ0) is 14.2. The molecule has 2 heterocycles. The summed E-state index contributed by atoms with van der Waals surface area (Å²) < 4.78 is 3.74. The highest BCUT2D eigenvalue weighted by molar-refractivity contribution is 5.14. The van der Waals surface area contributed by atoms with E-state index in [1.807, 2.05) is 0 Å². The first-order valence-electron chi connectivity index (χ1n) is 5.32. The lowest BCUT2D eigenvalue weighted by molar-refractivity contribution is -0.389. The Kier molecular flexibility index (Phi) is 3.03. The van der Waals surface area contributed by atoms with E-state index in [-0.39, 0.29) is 12.4 Å². The zero-order valence-corrected chi connectivity index (χ0v) is 10.3. The van der Waals surface area contributed by atoms with Crippen LogP contribution in [0.15, 0.2) is 28.2 Å². The molecule has 0 unspecified atom stereocenters. The van der Waals surface area contributed by atoms with Crippen LogP contribution in [0.4, 0.5) is 5.82 Å². The molecule has 0 fully saturated rings. The molecule has 2 aromatic rings. The number of nitrogens with zero attached hydrogens (tertiary/aromatic N) is 5. The number of nitro groups is 1. The SMILES string of the molecule is Cn1c(Cn2cnc([N+](=O)[O-])c2)cc(=O)n(C)c1=O. The summed E-state index contributed by atoms with van der Waals surface area (Å²) in [5.41, 5.74) is -0.426. The Morgan fingerprint density at radius 1 is 1.32 bits per heavy atom. The fraction of sp³-hybridized carbons (Fsp3) is 0.300. The van der Waals surface area contributed by atoms with Gasteiger partial charge in [0, 0.05) is 25.9 Å². The molecule has 9 heteroatoms. The van der Waals surface area contributed by atoms with E-state index < -0.39 is 16.2 Å². The summed E-state index contributed by atoms with van der Waals surface area (Å²) in [6, 6.07) is 1.31. The van der Waals surface area contributed by atoms with Gasteiger partial charge in [0.25, 0.3) is 5.56 Å². The molecule has 0 atom stereocenters. The van der Waals surface area contributed by atoms with Crippen LogP contribution in [-0.2, 0) is 20.6 Å². The minimum atomic E-state index is -0.612. The lowest BCUT2D eigenvalue weighted by atomic mass is 10.4. The maximum Gasteiger partial charge on any atom is 0.381 e. The Morgan fingerprint density at radius 3 is 2.58 bits per heavy atom. The Balaban J connectivity index is 2.41. The normalized spacial score (nSPS) is 10.6. The lowest BCUT2D eigenvalue weighted by Gasteiger charge is -2.08. The van der Waals surface area contributed by atoms with Gasteiger partial charge in [-0.25, -0.2) is 4.79 Å². The van der Waals surface area contributed by atoms with Gasteiger partial charge in [0.1, 0.15) is 6.20 Å². The number of rotatable bonds is 3. The van der Waals surface area contributed by atoms with Gasteiger partial charge in [-0.1, -0.05) is 0 Å². The van der Waals surface area contributed by atoms with Gasteiger partial charge in [-0.3, -0.25) is 13.9 Å². The molecule has 19 heavy (non-hydrogen) atoms. The number of imidazole rings is 1. The van der Waals surface area contributed by atoms with Gasteiger partial charge in [-0.05, 0) is 9.91 Å². The van der Waals surface area contributed by atoms with Crippen molar-refractivity contribution in [1.82, 2.24) is 18.7 Å². The van der Waals surface area contributed by atoms with Gasteiger partial charge in [0.2, 0.25) is 6.33 Å². The average Bonchev–Trinajstić information content (AvgIpc) is 2.82. The van der Waals surface area contributed by atoms with E-state index in [1.165, 1.54) is 41.8 Å². The highest BCUT2D eigenvalue weighted by atomic mass is 16.6. The zero-order valence-electron chi connectivity index (χ0n) is 10.3. The van der Waals surface area contributed by atoms with Crippen molar-refractivity contribution in [3.8, 4) is 0 Å². The van der Waals surface area contributed by atoms with E-state index in [1.54, 1.807) is 0 Å². The predicted octanol–water partition coefficient (Wildman–Crippen LogP) is -0.763. The first-order chi connectivity index (χ1) is 8.90. The maximum atomic E-state index is 11.7. The third-order valence-electron chi connectivity index (χ3n) is 2.78. The van der Waals surface area contributed by atoms with Crippen molar-refractivity contribution in [2.45, 2.75) is 6.54 Å². The van der Waals surface area contributed by atoms with Gasteiger partial charge < -0.3 is 14.7 Å². The summed E-state index contributed by atoms with van der Waals surface area (Å²) in [6.45, 7) is 0.155. The van der Waals surface area contributed by atoms with Crippen molar-refractivity contribution < 1.29 is 4.92 Å². The van der Waals surface area contributed by atoms with E-state index >= 15 is 0 Å². The van der Waals surface area contributed by atoms with E-state index in [0.717, 1.165) is 4.57 Å². The molecule has 0 aliphatic heterocycles. The van der Waals surface area contributed by atoms with E-state index in [0.29, 0.717) is 5.69 Å². The van der Waals surface area contributed by atoms with Crippen molar-refractivity contribution >= 4 is 5.82 Å². The third kappa shape index (κ3) is 2.30. The van der Waals surface area contributed by atoms with Crippen LogP contribution in [0.2, 0.25) is 0 Å². The molecule has 2 aromatic heterocycles. The molecule has 0 saturated heterocycles. The standard InChI is InChI=1S/C10H11N5O4/c1-12-7(3-9(16)13(2)10(12)17)4-14-5-8(11-6-14)15(18)19/h3,5-6H,4H2,1-2H3. The topological polar surface area (TPSA) is 105 Å². The largest absolute Gasteiger partial charge is 0.381 e. The molecule has 0 aromatic carbocycles. The van der Waals surface area contributed by atoms with Crippen LogP contribution < -0.4 is 11.2 Å². The predicted molar refractivity (Wildman–Crippen MR) is 64.9 cm³/mol. The monoisotopic (exact) mass is 265 g/mol. The lowest BCUT2D eigenvalue weighted by Crippen LogP contribution is -2.38. The van der Waals surface area contributed by atoms with Crippen molar-refractivity contribution in [2.24, 2.45) is 14.1 Å². The second kappa shape index (κ2) is 4.52. The minimum absolute atomic E-state index is 0.155. The number of aromatic nitrogens is 4. The Hall–Kier alpha value is -2.71. The highest BCUT2D eigenvalue weighted by Gasteiger charge is 2.12. The summed E-state index contributed by atoms with van der Waals surface area (Å²) >= 11 is 0. The van der Waals surface area contributed by atoms with E-state index in [2.05, 4.69) is 4.98 Å². The molecule has 0 amide bonds. The van der Waals surface area contributed by atoms with E-state index in [4.69, 9.17) is 0 Å². The fourth-order valence-electron chi connectivity index (χ4n) is 1.65. The van der Waals surface area contributed by atoms with E-state index in [9.17, 15) is 19.7 Å². The van der Waals surface area contributed by atoms with Crippen molar-refractivity contribution in [3.63, 3.8) is 0 Å². The van der Waals surface area contributed by atoms with Gasteiger partial charge in [0.15, 0.2) is 0 Å². The van der Waals surface area contributed by atoms with Gasteiger partial charge in [0.05, 0.1) is 6.54 Å². The smallest absolute Gasteiger partial charge is 0.358 e. The fourth-order valence-corrected chi connectivity index (χ4v) is 1.65. The Labute approximate surface area is 106 Å². The van der Waals surface area contributed by atoms with Crippen LogP contribution in [0.3, 0.4) is 0 Å². The van der Waals surface area contributed by atoms with Crippen LogP contribution in [-0.4, -0.2) is 23.6 Å². The van der Waals surface area contributed by atoms with Crippen molar-refractivity contribution in [2.75, 3.05) is 0 Å². The summed E-state index contributed by atoms with van der Waals surface area (Å²) in [5.74, 6) is -0.283. The summed E-state index contributed by atoms with van der Waals surface area (Å²) in [5, 5.41) is 10.5. The molecule has 0 bridgehead atoms. The Bertz CT molecular complexity index is 754. The summed E-state index contributed by atoms with van der Waals surface area (Å²) in [7, 11) is 2.92. The number of hydrogen-bond donors (Lipinski definition) is 0. The van der Waals surface area contributed by atoms with Crippen molar-refractivity contribution in [1.29, 1.82) is 0 Å². The quantitative estimate of drug-likeness (QED) is 0.535. The second-order valence-corrected chi connectivity index (χ2v) is 4.04. The number of hydrogen-bond acceptors (Lipinski definition) is 5. The van der Waals surface area contributed by atoms with Crippen molar-refractivity contribution in [3.05, 3.63) is 55.2 Å². The molecule has 0 aliphatic carbocycles. The molecule has 9 nitrogen and oxygen atoms in total. The van der Waals surface area contributed by atoms with Crippen LogP contribution in [0.25, 0.3) is 0 Å². The Morgan fingerprint density at radius 2 is 2.00 bits per heavy atom. The molecule has 100 valence electrons. The molecular formula is C10H11N5O4. The molecular weight excluding hydrogens is 254 g/mol. The van der Waals surface area contributed by atoms with Crippen LogP contribution in [0, 0.1) is 10.1 Å². The summed E-state index contributed by atoms with van der Waals surface area (Å²) in [4.78, 5) is 36.7. The first kappa shape index (κ1) is 12.7. The average molecular weight is 265 g/mol. The highest BCUT2D eigenvalue weighted by Crippen LogP contribution is 2.07. The molecule has 0 aliphatic rings. The molecule has 0 radical (unpaired) electrons. The molecule has 0 saturated carbocycles. The maximum absolute atomic E-state index is 11.7. The molecule has 0 spiro atoms. The van der Waals surface area contributed by atoms with Gasteiger partial charge in [-0.2, -0.15) is 0 Å². The van der Waals surface area contributed by atoms with Gasteiger partial charge >= 0.3 is 11.5 Å². The van der Waals surface area contributed by atoms with Crippen LogP contribution in [0.5, 0.6) is 0 Å². The van der Waals surface area contributed by atoms with Crippen LogP contribution in [0.1, 0.15) is 5.69 Å². The molecule has 2 rings (SSSR count). The van der Waals surface area contributed by atoms with Crippen LogP contribution >= 0.6 is 0 Å². The van der Waals surface area contributed by atoms with Gasteiger partial charge in [-0.15, -0.1) is 0 Å². The minimum Gasteiger partial charge on any atom is -0.358 e. The first-order valence-corrected chi connectivity index (χ1v) is 5.32. The molecule has 0 N–H and O–H groups in total. The third-order valence-corrected chi connectivity index (χ3v) is 2.78. The second-order valence-electron chi connectivity index (χ2n) is 4.04.